The van der Waals surface area contributed by atoms with Gasteiger partial charge in [-0.1, -0.05) is 19.6 Å². The van der Waals surface area contributed by atoms with Gasteiger partial charge in [0.25, 0.3) is 0 Å². The SMILES string of the molecule is C=CC(=O)N(C)C1CC(N(C=O)/C=C(/N/C(=C/CC)C(=NC)OC)c2ncc(C)n2C)C1. The van der Waals surface area contributed by atoms with Crippen LogP contribution in [0.1, 0.15) is 37.7 Å². The van der Waals surface area contributed by atoms with E-state index in [2.05, 4.69) is 21.9 Å². The van der Waals surface area contributed by atoms with Crippen molar-refractivity contribution in [3.05, 3.63) is 48.3 Å². The van der Waals surface area contributed by atoms with Gasteiger partial charge in [-0.05, 0) is 32.3 Å². The van der Waals surface area contributed by atoms with Crippen LogP contribution in [0.15, 0.2) is 41.8 Å². The number of aliphatic imine (C=N–C) groups is 1. The van der Waals surface area contributed by atoms with Gasteiger partial charge < -0.3 is 24.4 Å². The van der Waals surface area contributed by atoms with E-state index in [1.54, 1.807) is 43.4 Å². The highest BCUT2D eigenvalue weighted by atomic mass is 16.5. The zero-order chi connectivity index (χ0) is 23.8. The summed E-state index contributed by atoms with van der Waals surface area (Å²) in [4.78, 5) is 35.9. The number of aromatic nitrogens is 2. The summed E-state index contributed by atoms with van der Waals surface area (Å²) in [5.41, 5.74) is 2.32. The van der Waals surface area contributed by atoms with E-state index in [0.29, 0.717) is 36.0 Å². The normalized spacial score (nSPS) is 19.1. The summed E-state index contributed by atoms with van der Waals surface area (Å²) in [5, 5.41) is 3.36. The molecule has 0 spiro atoms. The molecule has 0 bridgehead atoms. The Bertz CT molecular complexity index is 924. The molecule has 1 N–H and O–H groups in total. The van der Waals surface area contributed by atoms with Gasteiger partial charge in [0.05, 0.1) is 18.5 Å². The minimum absolute atomic E-state index is 0.0175. The minimum Gasteiger partial charge on any atom is -0.480 e. The van der Waals surface area contributed by atoms with E-state index in [1.165, 1.54) is 6.08 Å². The molecular formula is C23H34N6O3. The molecule has 1 aromatic rings. The number of aryl methyl sites for hydroxylation is 1. The summed E-state index contributed by atoms with van der Waals surface area (Å²) in [5.74, 6) is 1.01. The standard InChI is InChI=1S/C23H34N6O3/c1-8-10-19(23(24-4)32-7)26-20(22-25-13-16(3)27(22)5)14-29(15-30)18-11-17(12-18)28(6)21(31)9-2/h9-10,13-15,17-18,26H,2,8,11-12H2,1,3-7H3/b19-10+,20-14+,24-23?. The largest absolute Gasteiger partial charge is 0.480 e. The zero-order valence-electron chi connectivity index (χ0n) is 19.8. The highest BCUT2D eigenvalue weighted by molar-refractivity contribution is 5.94. The van der Waals surface area contributed by atoms with Gasteiger partial charge in [-0.2, -0.15) is 0 Å². The molecule has 0 atom stereocenters. The molecule has 1 heterocycles. The lowest BCUT2D eigenvalue weighted by Crippen LogP contribution is -2.52. The van der Waals surface area contributed by atoms with Crippen LogP contribution in [-0.2, 0) is 21.4 Å². The summed E-state index contributed by atoms with van der Waals surface area (Å²) in [6.45, 7) is 7.52. The molecule has 32 heavy (non-hydrogen) atoms. The molecule has 1 fully saturated rings. The first-order valence-corrected chi connectivity index (χ1v) is 10.6. The maximum atomic E-state index is 12.0. The van der Waals surface area contributed by atoms with Crippen molar-refractivity contribution < 1.29 is 14.3 Å². The first-order chi connectivity index (χ1) is 15.3. The predicted molar refractivity (Wildman–Crippen MR) is 125 cm³/mol. The Morgan fingerprint density at radius 3 is 2.59 bits per heavy atom. The molecule has 2 rings (SSSR count). The molecule has 1 aromatic heterocycles. The van der Waals surface area contributed by atoms with Crippen LogP contribution in [0, 0.1) is 6.92 Å². The molecule has 9 heteroatoms. The summed E-state index contributed by atoms with van der Waals surface area (Å²) in [6.07, 6.45) is 9.77. The molecule has 0 radical (unpaired) electrons. The van der Waals surface area contributed by atoms with Gasteiger partial charge >= 0.3 is 0 Å². The van der Waals surface area contributed by atoms with Crippen LogP contribution >= 0.6 is 0 Å². The number of nitrogens with zero attached hydrogens (tertiary/aromatic N) is 5. The summed E-state index contributed by atoms with van der Waals surface area (Å²) in [6, 6.07) is 0.0621. The number of allylic oxidation sites excluding steroid dienone is 1. The van der Waals surface area contributed by atoms with Crippen LogP contribution < -0.4 is 5.32 Å². The number of amides is 2. The van der Waals surface area contributed by atoms with Gasteiger partial charge in [0.15, 0.2) is 5.82 Å². The Balaban J connectivity index is 2.35. The number of nitrogens with one attached hydrogen (secondary N) is 1. The summed E-state index contributed by atoms with van der Waals surface area (Å²) < 4.78 is 7.35. The van der Waals surface area contributed by atoms with Gasteiger partial charge in [0.1, 0.15) is 0 Å². The molecule has 0 aliphatic heterocycles. The molecule has 0 aromatic carbocycles. The van der Waals surface area contributed by atoms with Crippen molar-refractivity contribution in [2.75, 3.05) is 21.2 Å². The van der Waals surface area contributed by atoms with Crippen LogP contribution in [-0.4, -0.2) is 70.9 Å². The smallest absolute Gasteiger partial charge is 0.245 e. The highest BCUT2D eigenvalue weighted by Gasteiger charge is 2.36. The molecule has 1 aliphatic carbocycles. The Labute approximate surface area is 190 Å². The molecule has 174 valence electrons. The van der Waals surface area contributed by atoms with Crippen molar-refractivity contribution in [2.24, 2.45) is 12.0 Å². The van der Waals surface area contributed by atoms with E-state index in [-0.39, 0.29) is 18.0 Å². The number of rotatable bonds is 10. The third-order valence-corrected chi connectivity index (χ3v) is 5.75. The Morgan fingerprint density at radius 1 is 1.44 bits per heavy atom. The van der Waals surface area contributed by atoms with Crippen LogP contribution in [0.3, 0.4) is 0 Å². The predicted octanol–water partition coefficient (Wildman–Crippen LogP) is 2.22. The number of carbonyl (C=O) groups excluding carboxylic acids is 2. The molecular weight excluding hydrogens is 408 g/mol. The number of likely N-dealkylation sites (N-methyl/N-ethyl adjacent to an activating group) is 1. The quantitative estimate of drug-likeness (QED) is 0.260. The fourth-order valence-electron chi connectivity index (χ4n) is 3.57. The van der Waals surface area contributed by atoms with Crippen molar-refractivity contribution in [3.8, 4) is 0 Å². The van der Waals surface area contributed by atoms with Gasteiger partial charge in [-0.15, -0.1) is 0 Å². The first kappa shape index (κ1) is 24.9. The Hall–Kier alpha value is -3.36. The second kappa shape index (κ2) is 11.3. The van der Waals surface area contributed by atoms with Gasteiger partial charge in [-0.25, -0.2) is 4.98 Å². The summed E-state index contributed by atoms with van der Waals surface area (Å²) >= 11 is 0. The Morgan fingerprint density at radius 2 is 2.12 bits per heavy atom. The number of imidazole rings is 1. The average Bonchev–Trinajstić information content (AvgIpc) is 3.09. The molecule has 1 aliphatic rings. The molecule has 9 nitrogen and oxygen atoms in total. The molecule has 1 saturated carbocycles. The van der Waals surface area contributed by atoms with E-state index in [9.17, 15) is 9.59 Å². The van der Waals surface area contributed by atoms with Gasteiger partial charge in [0.2, 0.25) is 18.2 Å². The van der Waals surface area contributed by atoms with Crippen molar-refractivity contribution in [3.63, 3.8) is 0 Å². The van der Waals surface area contributed by atoms with E-state index in [1.807, 2.05) is 31.5 Å². The van der Waals surface area contributed by atoms with Crippen molar-refractivity contribution in [2.45, 2.75) is 45.2 Å². The number of hydrogen-bond donors (Lipinski definition) is 1. The molecule has 2 amide bonds. The zero-order valence-corrected chi connectivity index (χ0v) is 19.8. The van der Waals surface area contributed by atoms with Gasteiger partial charge in [0, 0.05) is 51.3 Å². The number of carbonyl (C=O) groups is 2. The molecule has 0 unspecified atom stereocenters. The second-order valence-electron chi connectivity index (χ2n) is 7.69. The van der Waals surface area contributed by atoms with E-state index in [4.69, 9.17) is 4.74 Å². The Kier molecular flexibility index (Phi) is 8.80. The average molecular weight is 443 g/mol. The first-order valence-electron chi connectivity index (χ1n) is 10.6. The number of methoxy groups -OCH3 is 1. The van der Waals surface area contributed by atoms with Crippen LogP contribution in [0.2, 0.25) is 0 Å². The topological polar surface area (TPSA) is 92.1 Å². The minimum atomic E-state index is -0.118. The lowest BCUT2D eigenvalue weighted by Gasteiger charge is -2.44. The van der Waals surface area contributed by atoms with Crippen molar-refractivity contribution in [1.82, 2.24) is 24.7 Å². The maximum Gasteiger partial charge on any atom is 0.245 e. The highest BCUT2D eigenvalue weighted by Crippen LogP contribution is 2.30. The summed E-state index contributed by atoms with van der Waals surface area (Å²) in [7, 11) is 6.90. The van der Waals surface area contributed by atoms with Gasteiger partial charge in [-0.3, -0.25) is 14.6 Å². The third-order valence-electron chi connectivity index (χ3n) is 5.75. The van der Waals surface area contributed by atoms with E-state index in [0.717, 1.165) is 18.5 Å². The number of hydrogen-bond acceptors (Lipinski definition) is 6. The third kappa shape index (κ3) is 5.46. The number of ether oxygens (including phenoxy) is 1. The van der Waals surface area contributed by atoms with Crippen LogP contribution in [0.4, 0.5) is 0 Å². The van der Waals surface area contributed by atoms with Crippen LogP contribution in [0.25, 0.3) is 5.70 Å². The van der Waals surface area contributed by atoms with Crippen LogP contribution in [0.5, 0.6) is 0 Å². The lowest BCUT2D eigenvalue weighted by atomic mass is 9.84. The fraction of sp³-hybridized carbons (Fsp3) is 0.478. The van der Waals surface area contributed by atoms with Crippen molar-refractivity contribution in [1.29, 1.82) is 0 Å². The monoisotopic (exact) mass is 442 g/mol. The van der Waals surface area contributed by atoms with E-state index >= 15 is 0 Å². The fourth-order valence-corrected chi connectivity index (χ4v) is 3.57. The lowest BCUT2D eigenvalue weighted by molar-refractivity contribution is -0.130. The van der Waals surface area contributed by atoms with Crippen molar-refractivity contribution >= 4 is 23.9 Å². The maximum absolute atomic E-state index is 12.0. The molecule has 0 saturated heterocycles. The second-order valence-corrected chi connectivity index (χ2v) is 7.69. The van der Waals surface area contributed by atoms with E-state index < -0.39 is 0 Å².